The van der Waals surface area contributed by atoms with Crippen LogP contribution in [0.4, 0.5) is 0 Å². The molecule has 5 rings (SSSR count). The van der Waals surface area contributed by atoms with Crippen molar-refractivity contribution in [2.75, 3.05) is 39.8 Å². The van der Waals surface area contributed by atoms with Crippen molar-refractivity contribution in [2.45, 2.75) is 13.0 Å². The van der Waals surface area contributed by atoms with Crippen molar-refractivity contribution in [1.29, 1.82) is 0 Å². The fourth-order valence-electron chi connectivity index (χ4n) is 4.43. The van der Waals surface area contributed by atoms with Crippen LogP contribution in [0.1, 0.15) is 27.2 Å². The number of nitrogens with zero attached hydrogens (tertiary/aromatic N) is 4. The molecule has 32 heavy (non-hydrogen) atoms. The Kier molecular flexibility index (Phi) is 5.49. The summed E-state index contributed by atoms with van der Waals surface area (Å²) >= 11 is 0. The third-order valence-corrected chi connectivity index (χ3v) is 6.32. The maximum absolute atomic E-state index is 13.7. The number of furan rings is 1. The molecular weight excluding hydrogens is 404 g/mol. The molecule has 0 bridgehead atoms. The molecule has 1 fully saturated rings. The van der Waals surface area contributed by atoms with Gasteiger partial charge in [0.1, 0.15) is 0 Å². The van der Waals surface area contributed by atoms with Crippen molar-refractivity contribution in [1.82, 2.24) is 19.7 Å². The van der Waals surface area contributed by atoms with Gasteiger partial charge in [-0.05, 0) is 25.3 Å². The molecule has 0 unspecified atom stereocenters. The predicted octanol–water partition coefficient (Wildman–Crippen LogP) is 2.81. The van der Waals surface area contributed by atoms with Crippen molar-refractivity contribution in [3.05, 3.63) is 71.3 Å². The molecule has 0 aliphatic carbocycles. The van der Waals surface area contributed by atoms with Crippen LogP contribution in [0.15, 0.2) is 53.4 Å². The third-order valence-electron chi connectivity index (χ3n) is 6.32. The van der Waals surface area contributed by atoms with Gasteiger partial charge in [-0.1, -0.05) is 18.2 Å². The van der Waals surface area contributed by atoms with Crippen molar-refractivity contribution < 1.29 is 14.0 Å². The van der Waals surface area contributed by atoms with Gasteiger partial charge in [-0.3, -0.25) is 14.6 Å². The molecule has 2 amide bonds. The number of benzene rings is 1. The highest BCUT2D eigenvalue weighted by Crippen LogP contribution is 2.29. The van der Waals surface area contributed by atoms with Gasteiger partial charge in [0.25, 0.3) is 5.91 Å². The molecule has 4 heterocycles. The standard InChI is InChI=1S/C25H26N4O3/c1-27-11-13-28(14-12-27)25(31)24-19-4-2-3-5-21(19)26-22-8-10-29(16-20(22)24)23(30)7-6-18-9-15-32-17-18/h2-7,9,15,17H,8,10-14,16H2,1H3/b7-6+. The molecular formula is C25H26N4O3. The molecule has 7 nitrogen and oxygen atoms in total. The lowest BCUT2D eigenvalue weighted by molar-refractivity contribution is -0.126. The van der Waals surface area contributed by atoms with Gasteiger partial charge in [0.05, 0.1) is 23.6 Å². The summed E-state index contributed by atoms with van der Waals surface area (Å²) in [6, 6.07) is 9.62. The number of carbonyl (C=O) groups is 2. The zero-order valence-corrected chi connectivity index (χ0v) is 18.2. The Balaban J connectivity index is 1.49. The first-order valence-electron chi connectivity index (χ1n) is 11.0. The fourth-order valence-corrected chi connectivity index (χ4v) is 4.43. The molecule has 2 aliphatic rings. The van der Waals surface area contributed by atoms with E-state index in [1.54, 1.807) is 35.6 Å². The summed E-state index contributed by atoms with van der Waals surface area (Å²) in [5.74, 6) is -0.0424. The number of carbonyl (C=O) groups excluding carboxylic acids is 2. The van der Waals surface area contributed by atoms with Gasteiger partial charge in [-0.15, -0.1) is 0 Å². The van der Waals surface area contributed by atoms with Crippen molar-refractivity contribution in [2.24, 2.45) is 0 Å². The van der Waals surface area contributed by atoms with E-state index in [1.807, 2.05) is 29.2 Å². The highest BCUT2D eigenvalue weighted by Gasteiger charge is 2.30. The summed E-state index contributed by atoms with van der Waals surface area (Å²) in [6.45, 7) is 4.10. The Morgan fingerprint density at radius 2 is 1.84 bits per heavy atom. The normalized spacial score (nSPS) is 17.2. The average molecular weight is 431 g/mol. The number of para-hydroxylation sites is 1. The number of rotatable bonds is 3. The second-order valence-electron chi connectivity index (χ2n) is 8.42. The molecule has 2 aliphatic heterocycles. The second-order valence-corrected chi connectivity index (χ2v) is 8.42. The van der Waals surface area contributed by atoms with Gasteiger partial charge in [-0.2, -0.15) is 0 Å². The number of likely N-dealkylation sites (N-methyl/N-ethyl adjacent to an activating group) is 1. The first-order chi connectivity index (χ1) is 15.6. The summed E-state index contributed by atoms with van der Waals surface area (Å²) in [6.07, 6.45) is 7.11. The molecule has 164 valence electrons. The van der Waals surface area contributed by atoms with Crippen LogP contribution in [0, 0.1) is 0 Å². The van der Waals surface area contributed by atoms with Crippen molar-refractivity contribution in [3.8, 4) is 0 Å². The van der Waals surface area contributed by atoms with E-state index < -0.39 is 0 Å². The van der Waals surface area contributed by atoms with Crippen LogP contribution in [0.25, 0.3) is 17.0 Å². The Bertz CT molecular complexity index is 1180. The minimum Gasteiger partial charge on any atom is -0.472 e. The first-order valence-corrected chi connectivity index (χ1v) is 11.0. The van der Waals surface area contributed by atoms with Crippen LogP contribution in [0.5, 0.6) is 0 Å². The Labute approximate surface area is 186 Å². The second kappa shape index (κ2) is 8.59. The van der Waals surface area contributed by atoms with E-state index in [0.717, 1.165) is 40.8 Å². The zero-order valence-electron chi connectivity index (χ0n) is 18.2. The van der Waals surface area contributed by atoms with Crippen LogP contribution in [0.3, 0.4) is 0 Å². The minimum absolute atomic E-state index is 0.0381. The monoisotopic (exact) mass is 430 g/mol. The molecule has 1 saturated heterocycles. The Morgan fingerprint density at radius 3 is 2.62 bits per heavy atom. The number of hydrogen-bond acceptors (Lipinski definition) is 5. The van der Waals surface area contributed by atoms with Gasteiger partial charge < -0.3 is 19.1 Å². The number of amides is 2. The minimum atomic E-state index is -0.0806. The highest BCUT2D eigenvalue weighted by molar-refractivity contribution is 6.08. The van der Waals surface area contributed by atoms with Crippen LogP contribution < -0.4 is 0 Å². The molecule has 1 aromatic carbocycles. The predicted molar refractivity (Wildman–Crippen MR) is 122 cm³/mol. The average Bonchev–Trinajstić information content (AvgIpc) is 3.34. The quantitative estimate of drug-likeness (QED) is 0.598. The first kappa shape index (κ1) is 20.5. The lowest BCUT2D eigenvalue weighted by atomic mass is 9.94. The molecule has 0 spiro atoms. The van der Waals surface area contributed by atoms with E-state index >= 15 is 0 Å². The van der Waals surface area contributed by atoms with E-state index in [0.29, 0.717) is 38.2 Å². The van der Waals surface area contributed by atoms with Gasteiger partial charge in [0, 0.05) is 74.0 Å². The number of hydrogen-bond donors (Lipinski definition) is 0. The van der Waals surface area contributed by atoms with Crippen LogP contribution in [-0.4, -0.2) is 71.3 Å². The molecule has 0 saturated carbocycles. The molecule has 2 aromatic heterocycles. The maximum Gasteiger partial charge on any atom is 0.255 e. The zero-order chi connectivity index (χ0) is 22.1. The summed E-state index contributed by atoms with van der Waals surface area (Å²) in [5, 5.41) is 0.860. The molecule has 7 heteroatoms. The van der Waals surface area contributed by atoms with Gasteiger partial charge in [0.2, 0.25) is 5.91 Å². The van der Waals surface area contributed by atoms with E-state index in [-0.39, 0.29) is 11.8 Å². The lowest BCUT2D eigenvalue weighted by Gasteiger charge is -2.34. The number of fused-ring (bicyclic) bond motifs is 2. The Hall–Kier alpha value is -3.45. The van der Waals surface area contributed by atoms with Crippen LogP contribution in [-0.2, 0) is 17.8 Å². The van der Waals surface area contributed by atoms with Gasteiger partial charge >= 0.3 is 0 Å². The largest absolute Gasteiger partial charge is 0.472 e. The summed E-state index contributed by atoms with van der Waals surface area (Å²) in [7, 11) is 2.08. The van der Waals surface area contributed by atoms with E-state index in [1.165, 1.54) is 0 Å². The SMILES string of the molecule is CN1CCN(C(=O)c2c3c(nc4ccccc24)CCN(C(=O)/C=C/c2ccoc2)C3)CC1. The fraction of sp³-hybridized carbons (Fsp3) is 0.320. The van der Waals surface area contributed by atoms with Crippen molar-refractivity contribution in [3.63, 3.8) is 0 Å². The summed E-state index contributed by atoms with van der Waals surface area (Å²) in [4.78, 5) is 37.4. The number of piperazine rings is 1. The van der Waals surface area contributed by atoms with Gasteiger partial charge in [-0.25, -0.2) is 0 Å². The molecule has 0 N–H and O–H groups in total. The highest BCUT2D eigenvalue weighted by atomic mass is 16.3. The number of pyridine rings is 1. The molecule has 0 radical (unpaired) electrons. The summed E-state index contributed by atoms with van der Waals surface area (Å²) in [5.41, 5.74) is 4.18. The van der Waals surface area contributed by atoms with Crippen LogP contribution >= 0.6 is 0 Å². The summed E-state index contributed by atoms with van der Waals surface area (Å²) < 4.78 is 5.06. The molecule has 3 aromatic rings. The topological polar surface area (TPSA) is 69.9 Å². The van der Waals surface area contributed by atoms with Gasteiger partial charge in [0.15, 0.2) is 0 Å². The van der Waals surface area contributed by atoms with Crippen LogP contribution in [0.2, 0.25) is 0 Å². The van der Waals surface area contributed by atoms with Crippen molar-refractivity contribution >= 4 is 28.8 Å². The van der Waals surface area contributed by atoms with E-state index in [9.17, 15) is 9.59 Å². The smallest absolute Gasteiger partial charge is 0.255 e. The maximum atomic E-state index is 13.7. The number of aromatic nitrogens is 1. The molecule has 0 atom stereocenters. The third kappa shape index (κ3) is 3.91. The lowest BCUT2D eigenvalue weighted by Crippen LogP contribution is -2.47. The van der Waals surface area contributed by atoms with E-state index in [4.69, 9.17) is 9.40 Å². The Morgan fingerprint density at radius 1 is 1.03 bits per heavy atom. The van der Waals surface area contributed by atoms with E-state index in [2.05, 4.69) is 11.9 Å².